The molecule has 1 aromatic rings. The maximum absolute atomic E-state index is 11.2. The van der Waals surface area contributed by atoms with Gasteiger partial charge in [0.05, 0.1) is 7.11 Å². The van der Waals surface area contributed by atoms with Crippen LogP contribution in [0.4, 0.5) is 0 Å². The fraction of sp³-hybridized carbons (Fsp3) is 0.364. The Morgan fingerprint density at radius 3 is 2.82 bits per heavy atom. The number of hydrogen-bond donors (Lipinski definition) is 2. The van der Waals surface area contributed by atoms with Crippen LogP contribution in [0, 0.1) is 0 Å². The highest BCUT2D eigenvalue weighted by molar-refractivity contribution is 6.30. The van der Waals surface area contributed by atoms with Crippen LogP contribution in [0.2, 0.25) is 5.02 Å². The molecule has 0 radical (unpaired) electrons. The van der Waals surface area contributed by atoms with Crippen LogP contribution >= 0.6 is 24.0 Å². The number of benzene rings is 1. The van der Waals surface area contributed by atoms with Crippen molar-refractivity contribution in [3.8, 4) is 5.75 Å². The lowest BCUT2D eigenvalue weighted by molar-refractivity contribution is -0.121. The van der Waals surface area contributed by atoms with Gasteiger partial charge in [-0.3, -0.25) is 4.79 Å². The first kappa shape index (κ1) is 16.0. The number of carbonyl (C=O) groups excluding carboxylic acids is 1. The standard InChI is InChI=1S/C11H15ClN2O2.ClH/c1-16-10-3-2-9(12)6-8(10)7-14-11(15)4-5-13;/h2-3,6H,4-5,7,13H2,1H3,(H,14,15);1H. The van der Waals surface area contributed by atoms with E-state index in [-0.39, 0.29) is 18.3 Å². The van der Waals surface area contributed by atoms with Crippen molar-refractivity contribution in [1.82, 2.24) is 5.32 Å². The number of methoxy groups -OCH3 is 1. The minimum Gasteiger partial charge on any atom is -0.496 e. The van der Waals surface area contributed by atoms with Gasteiger partial charge in [0, 0.05) is 30.1 Å². The molecule has 17 heavy (non-hydrogen) atoms. The molecule has 0 saturated carbocycles. The number of hydrogen-bond acceptors (Lipinski definition) is 3. The van der Waals surface area contributed by atoms with Crippen molar-refractivity contribution >= 4 is 29.9 Å². The number of ether oxygens (including phenoxy) is 1. The topological polar surface area (TPSA) is 64.3 Å². The summed E-state index contributed by atoms with van der Waals surface area (Å²) in [5.74, 6) is 0.627. The molecule has 4 nitrogen and oxygen atoms in total. The molecular weight excluding hydrogens is 263 g/mol. The monoisotopic (exact) mass is 278 g/mol. The van der Waals surface area contributed by atoms with Crippen LogP contribution in [0.15, 0.2) is 18.2 Å². The van der Waals surface area contributed by atoms with Gasteiger partial charge in [0.1, 0.15) is 5.75 Å². The molecule has 0 saturated heterocycles. The fourth-order valence-corrected chi connectivity index (χ4v) is 1.49. The number of nitrogens with two attached hydrogens (primary N) is 1. The van der Waals surface area contributed by atoms with Gasteiger partial charge < -0.3 is 15.8 Å². The average molecular weight is 279 g/mol. The molecule has 1 rings (SSSR count). The Balaban J connectivity index is 0.00000256. The number of carbonyl (C=O) groups is 1. The zero-order chi connectivity index (χ0) is 12.0. The second-order valence-electron chi connectivity index (χ2n) is 3.27. The normalized spacial score (nSPS) is 9.35. The highest BCUT2D eigenvalue weighted by atomic mass is 35.5. The molecule has 0 atom stereocenters. The van der Waals surface area contributed by atoms with E-state index in [0.717, 1.165) is 5.56 Å². The van der Waals surface area contributed by atoms with E-state index in [0.29, 0.717) is 30.3 Å². The summed E-state index contributed by atoms with van der Waals surface area (Å²) >= 11 is 5.86. The van der Waals surface area contributed by atoms with E-state index >= 15 is 0 Å². The zero-order valence-corrected chi connectivity index (χ0v) is 11.1. The Morgan fingerprint density at radius 1 is 1.53 bits per heavy atom. The van der Waals surface area contributed by atoms with Gasteiger partial charge >= 0.3 is 0 Å². The predicted molar refractivity (Wildman–Crippen MR) is 70.8 cm³/mol. The summed E-state index contributed by atoms with van der Waals surface area (Å²) in [5.41, 5.74) is 6.12. The molecule has 0 heterocycles. The van der Waals surface area contributed by atoms with Gasteiger partial charge in [-0.25, -0.2) is 0 Å². The van der Waals surface area contributed by atoms with E-state index in [1.54, 1.807) is 25.3 Å². The van der Waals surface area contributed by atoms with Gasteiger partial charge in [-0.1, -0.05) is 11.6 Å². The third-order valence-corrected chi connectivity index (χ3v) is 2.32. The van der Waals surface area contributed by atoms with E-state index in [1.165, 1.54) is 0 Å². The van der Waals surface area contributed by atoms with Crippen LogP contribution in [0.1, 0.15) is 12.0 Å². The quantitative estimate of drug-likeness (QED) is 0.862. The lowest BCUT2D eigenvalue weighted by atomic mass is 10.2. The summed E-state index contributed by atoms with van der Waals surface area (Å²) < 4.78 is 5.16. The molecule has 0 aliphatic carbocycles. The highest BCUT2D eigenvalue weighted by Crippen LogP contribution is 2.22. The van der Waals surface area contributed by atoms with E-state index in [9.17, 15) is 4.79 Å². The number of amides is 1. The van der Waals surface area contributed by atoms with Gasteiger partial charge in [0.25, 0.3) is 0 Å². The van der Waals surface area contributed by atoms with Crippen LogP contribution < -0.4 is 15.8 Å². The lowest BCUT2D eigenvalue weighted by Crippen LogP contribution is -2.25. The third-order valence-electron chi connectivity index (χ3n) is 2.09. The Hall–Kier alpha value is -0.970. The summed E-state index contributed by atoms with van der Waals surface area (Å²) in [6, 6.07) is 5.28. The first-order valence-electron chi connectivity index (χ1n) is 4.96. The SMILES string of the molecule is COc1ccc(Cl)cc1CNC(=O)CCN.Cl. The van der Waals surface area contributed by atoms with Gasteiger partial charge in [-0.2, -0.15) is 0 Å². The number of halogens is 2. The summed E-state index contributed by atoms with van der Waals surface area (Å²) in [7, 11) is 1.58. The molecule has 1 aromatic carbocycles. The van der Waals surface area contributed by atoms with Crippen LogP contribution in [-0.2, 0) is 11.3 Å². The summed E-state index contributed by atoms with van der Waals surface area (Å²) in [6.45, 7) is 0.737. The van der Waals surface area contributed by atoms with Crippen LogP contribution in [0.3, 0.4) is 0 Å². The van der Waals surface area contributed by atoms with Crippen molar-refractivity contribution < 1.29 is 9.53 Å². The lowest BCUT2D eigenvalue weighted by Gasteiger charge is -2.09. The first-order chi connectivity index (χ1) is 7.67. The molecule has 6 heteroatoms. The minimum atomic E-state index is -0.0791. The highest BCUT2D eigenvalue weighted by Gasteiger charge is 2.05. The maximum atomic E-state index is 11.2. The second kappa shape index (κ2) is 8.17. The van der Waals surface area contributed by atoms with Crippen molar-refractivity contribution in [2.24, 2.45) is 5.73 Å². The predicted octanol–water partition coefficient (Wildman–Crippen LogP) is 1.74. The summed E-state index contributed by atoms with van der Waals surface area (Å²) in [5, 5.41) is 3.36. The molecule has 0 unspecified atom stereocenters. The van der Waals surface area contributed by atoms with Gasteiger partial charge in [-0.15, -0.1) is 12.4 Å². The molecule has 0 spiro atoms. The van der Waals surface area contributed by atoms with Crippen molar-refractivity contribution in [2.45, 2.75) is 13.0 Å². The molecule has 1 amide bonds. The molecular formula is C11H16Cl2N2O2. The Morgan fingerprint density at radius 2 is 2.24 bits per heavy atom. The fourth-order valence-electron chi connectivity index (χ4n) is 1.30. The molecule has 0 fully saturated rings. The molecule has 0 aliphatic heterocycles. The molecule has 0 aromatic heterocycles. The maximum Gasteiger partial charge on any atom is 0.221 e. The minimum absolute atomic E-state index is 0. The van der Waals surface area contributed by atoms with Crippen LogP contribution in [0.25, 0.3) is 0 Å². The van der Waals surface area contributed by atoms with Gasteiger partial charge in [0.15, 0.2) is 0 Å². The van der Waals surface area contributed by atoms with Crippen molar-refractivity contribution in [3.05, 3.63) is 28.8 Å². The van der Waals surface area contributed by atoms with Crippen molar-refractivity contribution in [3.63, 3.8) is 0 Å². The van der Waals surface area contributed by atoms with E-state index in [4.69, 9.17) is 22.1 Å². The molecule has 0 aliphatic rings. The summed E-state index contributed by atoms with van der Waals surface area (Å²) in [4.78, 5) is 11.2. The van der Waals surface area contributed by atoms with E-state index in [1.807, 2.05) is 0 Å². The summed E-state index contributed by atoms with van der Waals surface area (Å²) in [6.07, 6.45) is 0.322. The zero-order valence-electron chi connectivity index (χ0n) is 9.53. The third kappa shape index (κ3) is 5.26. The van der Waals surface area contributed by atoms with Gasteiger partial charge in [-0.05, 0) is 18.2 Å². The van der Waals surface area contributed by atoms with E-state index in [2.05, 4.69) is 5.32 Å². The van der Waals surface area contributed by atoms with E-state index < -0.39 is 0 Å². The van der Waals surface area contributed by atoms with Gasteiger partial charge in [0.2, 0.25) is 5.91 Å². The first-order valence-corrected chi connectivity index (χ1v) is 5.34. The second-order valence-corrected chi connectivity index (χ2v) is 3.71. The average Bonchev–Trinajstić information content (AvgIpc) is 2.27. The molecule has 3 N–H and O–H groups in total. The van der Waals surface area contributed by atoms with Crippen LogP contribution in [0.5, 0.6) is 5.75 Å². The Labute approximate surface area is 112 Å². The smallest absolute Gasteiger partial charge is 0.221 e. The largest absolute Gasteiger partial charge is 0.496 e. The number of rotatable bonds is 5. The van der Waals surface area contributed by atoms with Crippen LogP contribution in [-0.4, -0.2) is 19.6 Å². The van der Waals surface area contributed by atoms with Crippen molar-refractivity contribution in [1.29, 1.82) is 0 Å². The number of nitrogens with one attached hydrogen (secondary N) is 1. The molecule has 0 bridgehead atoms. The molecule has 96 valence electrons. The Bertz CT molecular complexity index is 372. The van der Waals surface area contributed by atoms with Crippen molar-refractivity contribution in [2.75, 3.05) is 13.7 Å². The Kier molecular flexibility index (Phi) is 7.70.